The SMILES string of the molecule is CCOC(=O)/C=C/O[C@@H]1CO[C@@H](c2ccccc2)O[C@H]1CCC=O. The normalized spacial score (nSPS) is 23.8. The summed E-state index contributed by atoms with van der Waals surface area (Å²) >= 11 is 0. The Bertz CT molecular complexity index is 542. The largest absolute Gasteiger partial charge is 0.493 e. The van der Waals surface area contributed by atoms with E-state index in [2.05, 4.69) is 0 Å². The molecule has 3 atom stereocenters. The van der Waals surface area contributed by atoms with Gasteiger partial charge in [-0.15, -0.1) is 0 Å². The number of carbonyl (C=O) groups excluding carboxylic acids is 2. The van der Waals surface area contributed by atoms with Crippen LogP contribution in [0, 0.1) is 0 Å². The van der Waals surface area contributed by atoms with E-state index in [0.29, 0.717) is 26.1 Å². The molecule has 2 rings (SSSR count). The number of benzene rings is 1. The molecule has 0 saturated carbocycles. The number of esters is 1. The van der Waals surface area contributed by atoms with Crippen LogP contribution in [0.2, 0.25) is 0 Å². The Labute approximate surface area is 141 Å². The zero-order chi connectivity index (χ0) is 17.2. The van der Waals surface area contributed by atoms with Crippen molar-refractivity contribution in [2.24, 2.45) is 0 Å². The van der Waals surface area contributed by atoms with E-state index in [1.807, 2.05) is 30.3 Å². The number of rotatable bonds is 8. The van der Waals surface area contributed by atoms with Crippen molar-refractivity contribution < 1.29 is 28.5 Å². The molecular formula is C18H22O6. The lowest BCUT2D eigenvalue weighted by atomic mass is 10.1. The van der Waals surface area contributed by atoms with Gasteiger partial charge in [0.2, 0.25) is 0 Å². The van der Waals surface area contributed by atoms with Crippen LogP contribution in [0.3, 0.4) is 0 Å². The van der Waals surface area contributed by atoms with Gasteiger partial charge in [0.15, 0.2) is 6.29 Å². The Kier molecular flexibility index (Phi) is 7.45. The lowest BCUT2D eigenvalue weighted by Crippen LogP contribution is -2.41. The minimum Gasteiger partial charge on any atom is -0.493 e. The van der Waals surface area contributed by atoms with Gasteiger partial charge in [0.05, 0.1) is 25.6 Å². The molecule has 24 heavy (non-hydrogen) atoms. The third-order valence-corrected chi connectivity index (χ3v) is 3.51. The number of ether oxygens (including phenoxy) is 4. The number of carbonyl (C=O) groups is 2. The molecule has 0 amide bonds. The molecular weight excluding hydrogens is 312 g/mol. The van der Waals surface area contributed by atoms with E-state index in [4.69, 9.17) is 18.9 Å². The van der Waals surface area contributed by atoms with Crippen molar-refractivity contribution in [2.45, 2.75) is 38.3 Å². The molecule has 0 aliphatic carbocycles. The third-order valence-electron chi connectivity index (χ3n) is 3.51. The highest BCUT2D eigenvalue weighted by Gasteiger charge is 2.33. The van der Waals surface area contributed by atoms with Gasteiger partial charge >= 0.3 is 5.97 Å². The monoisotopic (exact) mass is 334 g/mol. The van der Waals surface area contributed by atoms with E-state index in [1.54, 1.807) is 6.92 Å². The van der Waals surface area contributed by atoms with E-state index < -0.39 is 18.4 Å². The first-order valence-electron chi connectivity index (χ1n) is 7.99. The summed E-state index contributed by atoms with van der Waals surface area (Å²) in [6.45, 7) is 2.34. The summed E-state index contributed by atoms with van der Waals surface area (Å²) in [5, 5.41) is 0. The van der Waals surface area contributed by atoms with Crippen LogP contribution in [0.25, 0.3) is 0 Å². The number of hydrogen-bond acceptors (Lipinski definition) is 6. The maximum Gasteiger partial charge on any atom is 0.333 e. The minimum atomic E-state index is -0.489. The summed E-state index contributed by atoms with van der Waals surface area (Å²) < 4.78 is 22.0. The van der Waals surface area contributed by atoms with Crippen molar-refractivity contribution in [1.82, 2.24) is 0 Å². The van der Waals surface area contributed by atoms with Gasteiger partial charge in [0, 0.05) is 12.0 Å². The Balaban J connectivity index is 1.95. The van der Waals surface area contributed by atoms with Crippen LogP contribution in [-0.2, 0) is 28.5 Å². The van der Waals surface area contributed by atoms with E-state index in [-0.39, 0.29) is 6.10 Å². The second-order valence-electron chi connectivity index (χ2n) is 5.22. The van der Waals surface area contributed by atoms with E-state index in [0.717, 1.165) is 11.8 Å². The summed E-state index contributed by atoms with van der Waals surface area (Å²) in [4.78, 5) is 22.0. The fraction of sp³-hybridized carbons (Fsp3) is 0.444. The second kappa shape index (κ2) is 9.85. The van der Waals surface area contributed by atoms with Gasteiger partial charge in [-0.3, -0.25) is 0 Å². The fourth-order valence-corrected chi connectivity index (χ4v) is 2.36. The van der Waals surface area contributed by atoms with Crippen LogP contribution in [-0.4, -0.2) is 37.7 Å². The average Bonchev–Trinajstić information content (AvgIpc) is 2.61. The Morgan fingerprint density at radius 1 is 1.33 bits per heavy atom. The standard InChI is InChI=1S/C18H22O6/c1-2-21-17(20)10-12-22-16-13-23-18(14-7-4-3-5-8-14)24-15(16)9-6-11-19/h3-5,7-8,10-12,15-16,18H,2,6,9,13H2,1H3/b12-10+/t15-,16+,18+/m0/s1. The summed E-state index contributed by atoms with van der Waals surface area (Å²) in [7, 11) is 0. The molecule has 0 unspecified atom stereocenters. The molecule has 0 spiro atoms. The highest BCUT2D eigenvalue weighted by Crippen LogP contribution is 2.29. The van der Waals surface area contributed by atoms with Gasteiger partial charge in [-0.1, -0.05) is 30.3 Å². The first-order chi connectivity index (χ1) is 11.7. The van der Waals surface area contributed by atoms with Crippen molar-refractivity contribution in [2.75, 3.05) is 13.2 Å². The molecule has 1 aliphatic rings. The molecule has 6 heteroatoms. The van der Waals surface area contributed by atoms with Crippen molar-refractivity contribution in [3.05, 3.63) is 48.2 Å². The van der Waals surface area contributed by atoms with Crippen LogP contribution >= 0.6 is 0 Å². The lowest BCUT2D eigenvalue weighted by Gasteiger charge is -2.36. The quantitative estimate of drug-likeness (QED) is 0.315. The first-order valence-corrected chi connectivity index (χ1v) is 7.99. The van der Waals surface area contributed by atoms with Crippen LogP contribution in [0.1, 0.15) is 31.6 Å². The summed E-state index contributed by atoms with van der Waals surface area (Å²) in [6.07, 6.45) is 3.05. The molecule has 1 fully saturated rings. The smallest absolute Gasteiger partial charge is 0.333 e. The molecule has 1 aromatic carbocycles. The molecule has 6 nitrogen and oxygen atoms in total. The molecule has 1 heterocycles. The van der Waals surface area contributed by atoms with Gasteiger partial charge in [-0.2, -0.15) is 0 Å². The number of hydrogen-bond donors (Lipinski definition) is 0. The van der Waals surface area contributed by atoms with E-state index in [9.17, 15) is 9.59 Å². The predicted octanol–water partition coefficient (Wildman–Crippen LogP) is 2.54. The molecule has 0 bridgehead atoms. The second-order valence-corrected chi connectivity index (χ2v) is 5.22. The third kappa shape index (κ3) is 5.47. The van der Waals surface area contributed by atoms with E-state index >= 15 is 0 Å². The van der Waals surface area contributed by atoms with Gasteiger partial charge in [-0.25, -0.2) is 4.79 Å². The average molecular weight is 334 g/mol. The molecule has 0 radical (unpaired) electrons. The molecule has 0 aromatic heterocycles. The van der Waals surface area contributed by atoms with Crippen LogP contribution in [0.5, 0.6) is 0 Å². The maximum atomic E-state index is 11.3. The Morgan fingerprint density at radius 2 is 2.12 bits per heavy atom. The van der Waals surface area contributed by atoms with Crippen molar-refractivity contribution in [1.29, 1.82) is 0 Å². The van der Waals surface area contributed by atoms with Gasteiger partial charge in [0.25, 0.3) is 0 Å². The highest BCUT2D eigenvalue weighted by atomic mass is 16.7. The van der Waals surface area contributed by atoms with Gasteiger partial charge < -0.3 is 23.7 Å². The predicted molar refractivity (Wildman–Crippen MR) is 86.0 cm³/mol. The zero-order valence-corrected chi connectivity index (χ0v) is 13.6. The van der Waals surface area contributed by atoms with Crippen LogP contribution in [0.4, 0.5) is 0 Å². The van der Waals surface area contributed by atoms with Gasteiger partial charge in [0.1, 0.15) is 18.5 Å². The summed E-state index contributed by atoms with van der Waals surface area (Å²) in [5.41, 5.74) is 0.911. The van der Waals surface area contributed by atoms with E-state index in [1.165, 1.54) is 12.3 Å². The Morgan fingerprint density at radius 3 is 2.83 bits per heavy atom. The van der Waals surface area contributed by atoms with Crippen LogP contribution < -0.4 is 0 Å². The van der Waals surface area contributed by atoms with Crippen molar-refractivity contribution in [3.63, 3.8) is 0 Å². The minimum absolute atomic E-state index is 0.302. The van der Waals surface area contributed by atoms with Gasteiger partial charge in [-0.05, 0) is 13.3 Å². The molecule has 1 aromatic rings. The molecule has 130 valence electrons. The molecule has 0 N–H and O–H groups in total. The molecule has 1 aliphatic heterocycles. The van der Waals surface area contributed by atoms with Crippen molar-refractivity contribution >= 4 is 12.3 Å². The Hall–Kier alpha value is -2.18. The molecule has 1 saturated heterocycles. The summed E-state index contributed by atoms with van der Waals surface area (Å²) in [6, 6.07) is 9.58. The summed E-state index contributed by atoms with van der Waals surface area (Å²) in [5.74, 6) is -0.471. The fourth-order valence-electron chi connectivity index (χ4n) is 2.36. The number of aldehydes is 1. The highest BCUT2D eigenvalue weighted by molar-refractivity contribution is 5.81. The first kappa shape index (κ1) is 18.2. The van der Waals surface area contributed by atoms with Crippen LogP contribution in [0.15, 0.2) is 42.7 Å². The maximum absolute atomic E-state index is 11.3. The topological polar surface area (TPSA) is 71.1 Å². The van der Waals surface area contributed by atoms with Crippen molar-refractivity contribution in [3.8, 4) is 0 Å². The zero-order valence-electron chi connectivity index (χ0n) is 13.6. The lowest BCUT2D eigenvalue weighted by molar-refractivity contribution is -0.258.